The highest BCUT2D eigenvalue weighted by molar-refractivity contribution is 7.80. The Hall–Kier alpha value is -1.81. The summed E-state index contributed by atoms with van der Waals surface area (Å²) in [6.45, 7) is 2.07. The molecule has 0 spiro atoms. The largest absolute Gasteiger partial charge is 0.327 e. The van der Waals surface area contributed by atoms with Crippen LogP contribution in [0.25, 0.3) is 22.4 Å². The zero-order valence-corrected chi connectivity index (χ0v) is 11.1. The van der Waals surface area contributed by atoms with E-state index in [0.717, 1.165) is 27.3 Å². The van der Waals surface area contributed by atoms with Gasteiger partial charge in [0.2, 0.25) is 0 Å². The minimum atomic E-state index is 0.840. The molecule has 0 amide bonds. The average Bonchev–Trinajstić information content (AvgIpc) is 2.67. The molecule has 0 aliphatic carbocycles. The summed E-state index contributed by atoms with van der Waals surface area (Å²) in [5.74, 6) is 0.919. The van der Waals surface area contributed by atoms with Crippen LogP contribution in [0.15, 0.2) is 41.6 Å². The summed E-state index contributed by atoms with van der Waals surface area (Å²) >= 11 is 4.44. The lowest BCUT2D eigenvalue weighted by atomic mass is 10.2. The number of fused-ring (bicyclic) bond motifs is 1. The van der Waals surface area contributed by atoms with Gasteiger partial charge in [-0.3, -0.25) is 4.98 Å². The first-order valence-electron chi connectivity index (χ1n) is 5.73. The molecule has 0 N–H and O–H groups in total. The van der Waals surface area contributed by atoms with E-state index in [9.17, 15) is 0 Å². The number of pyridine rings is 1. The second-order valence-electron chi connectivity index (χ2n) is 4.38. The lowest BCUT2D eigenvalue weighted by molar-refractivity contribution is 0.953. The molecule has 2 heterocycles. The third kappa shape index (κ3) is 1.69. The Balaban J connectivity index is 2.31. The van der Waals surface area contributed by atoms with Gasteiger partial charge in [-0.15, -0.1) is 12.6 Å². The second-order valence-corrected chi connectivity index (χ2v) is 4.86. The Labute approximate surface area is 111 Å². The van der Waals surface area contributed by atoms with Crippen molar-refractivity contribution in [3.05, 3.63) is 42.2 Å². The number of aromatic nitrogens is 3. The topological polar surface area (TPSA) is 30.7 Å². The number of aryl methyl sites for hydroxylation is 2. The molecule has 0 atom stereocenters. The maximum atomic E-state index is 4.69. The summed E-state index contributed by atoms with van der Waals surface area (Å²) < 4.78 is 2.09. The maximum absolute atomic E-state index is 4.69. The van der Waals surface area contributed by atoms with Crippen molar-refractivity contribution in [1.29, 1.82) is 0 Å². The standard InChI is InChI=1S/C14H13N3S/c1-9-3-4-12-11(7-9)16-14(17(12)2)10-5-6-15-8-13(10)18/h3-8,18H,1-2H3. The summed E-state index contributed by atoms with van der Waals surface area (Å²) in [4.78, 5) is 9.59. The molecular formula is C14H13N3S. The molecule has 0 bridgehead atoms. The van der Waals surface area contributed by atoms with Crippen LogP contribution in [0.4, 0.5) is 0 Å². The summed E-state index contributed by atoms with van der Waals surface area (Å²) in [6.07, 6.45) is 3.50. The third-order valence-corrected chi connectivity index (χ3v) is 3.43. The average molecular weight is 255 g/mol. The van der Waals surface area contributed by atoms with Gasteiger partial charge in [0.15, 0.2) is 0 Å². The van der Waals surface area contributed by atoms with Gasteiger partial charge >= 0.3 is 0 Å². The quantitative estimate of drug-likeness (QED) is 0.677. The van der Waals surface area contributed by atoms with Gasteiger partial charge in [0.05, 0.1) is 11.0 Å². The van der Waals surface area contributed by atoms with Crippen molar-refractivity contribution in [3.63, 3.8) is 0 Å². The SMILES string of the molecule is Cc1ccc2c(c1)nc(-c1ccncc1S)n2C. The minimum Gasteiger partial charge on any atom is -0.327 e. The van der Waals surface area contributed by atoms with Gasteiger partial charge in [0, 0.05) is 29.9 Å². The number of hydrogen-bond donors (Lipinski definition) is 1. The summed E-state index contributed by atoms with van der Waals surface area (Å²) in [5.41, 5.74) is 4.36. The van der Waals surface area contributed by atoms with Crippen molar-refractivity contribution in [3.8, 4) is 11.4 Å². The lowest BCUT2D eigenvalue weighted by Crippen LogP contribution is -1.93. The Morgan fingerprint density at radius 2 is 2.06 bits per heavy atom. The second kappa shape index (κ2) is 4.14. The van der Waals surface area contributed by atoms with E-state index in [1.165, 1.54) is 5.56 Å². The maximum Gasteiger partial charge on any atom is 0.142 e. The van der Waals surface area contributed by atoms with Crippen molar-refractivity contribution >= 4 is 23.7 Å². The van der Waals surface area contributed by atoms with Gasteiger partial charge in [-0.25, -0.2) is 4.98 Å². The number of rotatable bonds is 1. The third-order valence-electron chi connectivity index (χ3n) is 3.08. The highest BCUT2D eigenvalue weighted by Crippen LogP contribution is 2.27. The lowest BCUT2D eigenvalue weighted by Gasteiger charge is -2.04. The van der Waals surface area contributed by atoms with Crippen LogP contribution in [0.5, 0.6) is 0 Å². The summed E-state index contributed by atoms with van der Waals surface area (Å²) in [5, 5.41) is 0. The number of nitrogens with zero attached hydrogens (tertiary/aromatic N) is 3. The molecule has 0 saturated carbocycles. The van der Waals surface area contributed by atoms with Gasteiger partial charge < -0.3 is 4.57 Å². The van der Waals surface area contributed by atoms with E-state index in [4.69, 9.17) is 4.98 Å². The van der Waals surface area contributed by atoms with Crippen molar-refractivity contribution in [2.45, 2.75) is 11.8 Å². The normalized spacial score (nSPS) is 11.1. The van der Waals surface area contributed by atoms with Crippen LogP contribution < -0.4 is 0 Å². The molecule has 2 aromatic heterocycles. The molecule has 3 rings (SSSR count). The zero-order chi connectivity index (χ0) is 12.7. The van der Waals surface area contributed by atoms with E-state index in [2.05, 4.69) is 47.3 Å². The number of thiol groups is 1. The van der Waals surface area contributed by atoms with Gasteiger partial charge in [-0.1, -0.05) is 6.07 Å². The van der Waals surface area contributed by atoms with E-state index >= 15 is 0 Å². The van der Waals surface area contributed by atoms with Crippen LogP contribution in [0.1, 0.15) is 5.56 Å². The zero-order valence-electron chi connectivity index (χ0n) is 10.3. The van der Waals surface area contributed by atoms with E-state index in [1.807, 2.05) is 13.1 Å². The molecule has 0 aliphatic rings. The molecule has 0 aliphatic heterocycles. The highest BCUT2D eigenvalue weighted by Gasteiger charge is 2.11. The number of hydrogen-bond acceptors (Lipinski definition) is 3. The van der Waals surface area contributed by atoms with Crippen molar-refractivity contribution in [2.24, 2.45) is 7.05 Å². The predicted octanol–water partition coefficient (Wildman–Crippen LogP) is 3.23. The molecule has 3 aromatic rings. The first kappa shape index (κ1) is 11.3. The smallest absolute Gasteiger partial charge is 0.142 e. The molecule has 0 saturated heterocycles. The van der Waals surface area contributed by atoms with E-state index in [-0.39, 0.29) is 0 Å². The molecule has 1 aromatic carbocycles. The van der Waals surface area contributed by atoms with Gasteiger partial charge in [-0.2, -0.15) is 0 Å². The Bertz CT molecular complexity index is 731. The van der Waals surface area contributed by atoms with Gasteiger partial charge in [0.25, 0.3) is 0 Å². The van der Waals surface area contributed by atoms with E-state index < -0.39 is 0 Å². The molecule has 0 unspecified atom stereocenters. The fraction of sp³-hybridized carbons (Fsp3) is 0.143. The van der Waals surface area contributed by atoms with E-state index in [1.54, 1.807) is 12.4 Å². The molecule has 3 nitrogen and oxygen atoms in total. The van der Waals surface area contributed by atoms with Crippen molar-refractivity contribution in [1.82, 2.24) is 14.5 Å². The Kier molecular flexibility index (Phi) is 2.59. The molecular weight excluding hydrogens is 242 g/mol. The first-order valence-corrected chi connectivity index (χ1v) is 6.18. The van der Waals surface area contributed by atoms with Crippen LogP contribution in [0.3, 0.4) is 0 Å². The Morgan fingerprint density at radius 1 is 1.22 bits per heavy atom. The summed E-state index contributed by atoms with van der Waals surface area (Å²) in [6, 6.07) is 8.23. The van der Waals surface area contributed by atoms with Crippen LogP contribution in [-0.4, -0.2) is 14.5 Å². The monoisotopic (exact) mass is 255 g/mol. The summed E-state index contributed by atoms with van der Waals surface area (Å²) in [7, 11) is 2.02. The first-order chi connectivity index (χ1) is 8.66. The van der Waals surface area contributed by atoms with E-state index in [0.29, 0.717) is 0 Å². The number of imidazole rings is 1. The Morgan fingerprint density at radius 3 is 2.83 bits per heavy atom. The molecule has 18 heavy (non-hydrogen) atoms. The molecule has 0 radical (unpaired) electrons. The van der Waals surface area contributed by atoms with Crippen molar-refractivity contribution in [2.75, 3.05) is 0 Å². The fourth-order valence-corrected chi connectivity index (χ4v) is 2.37. The number of benzene rings is 1. The van der Waals surface area contributed by atoms with Crippen LogP contribution in [0, 0.1) is 6.92 Å². The molecule has 0 fully saturated rings. The van der Waals surface area contributed by atoms with Crippen LogP contribution in [-0.2, 0) is 7.05 Å². The molecule has 90 valence electrons. The van der Waals surface area contributed by atoms with Crippen LogP contribution in [0.2, 0.25) is 0 Å². The van der Waals surface area contributed by atoms with Crippen molar-refractivity contribution < 1.29 is 0 Å². The van der Waals surface area contributed by atoms with Gasteiger partial charge in [0.1, 0.15) is 5.82 Å². The molecule has 4 heteroatoms. The minimum absolute atomic E-state index is 0.840. The van der Waals surface area contributed by atoms with Crippen LogP contribution >= 0.6 is 12.6 Å². The van der Waals surface area contributed by atoms with Gasteiger partial charge in [-0.05, 0) is 30.7 Å². The predicted molar refractivity (Wildman–Crippen MR) is 75.9 cm³/mol. The fourth-order valence-electron chi connectivity index (χ4n) is 2.13. The highest BCUT2D eigenvalue weighted by atomic mass is 32.1.